The maximum Gasteiger partial charge on any atom is 0.314 e. The van der Waals surface area contributed by atoms with Gasteiger partial charge in [0.25, 0.3) is 0 Å². The van der Waals surface area contributed by atoms with Crippen LogP contribution < -0.4 is 4.74 Å². The second-order valence-corrected chi connectivity index (χ2v) is 6.78. The number of para-hydroxylation sites is 1. The van der Waals surface area contributed by atoms with Gasteiger partial charge in [-0.1, -0.05) is 79.7 Å². The van der Waals surface area contributed by atoms with Crippen LogP contribution in [-0.4, -0.2) is 5.97 Å². The summed E-state index contributed by atoms with van der Waals surface area (Å²) in [5.74, 6) is 0.241. The van der Waals surface area contributed by atoms with Crippen LogP contribution in [0.5, 0.6) is 5.75 Å². The minimum atomic E-state index is -0.373. The molecule has 144 valence electrons. The highest BCUT2D eigenvalue weighted by atomic mass is 16.5. The summed E-state index contributed by atoms with van der Waals surface area (Å²) in [6.07, 6.45) is 0.515. The highest BCUT2D eigenvalue weighted by Crippen LogP contribution is 2.33. The summed E-state index contributed by atoms with van der Waals surface area (Å²) in [7, 11) is 0. The van der Waals surface area contributed by atoms with Crippen molar-refractivity contribution in [2.45, 2.75) is 38.9 Å². The lowest BCUT2D eigenvalue weighted by molar-refractivity contribution is -0.139. The Kier molecular flexibility index (Phi) is 6.99. The Morgan fingerprint density at radius 2 is 1.43 bits per heavy atom. The molecule has 0 aliphatic rings. The molecular formula is C25H26O3. The van der Waals surface area contributed by atoms with E-state index in [0.29, 0.717) is 5.75 Å². The molecule has 2 atom stereocenters. The number of carbonyl (C=O) groups excluding carboxylic acids is 1. The van der Waals surface area contributed by atoms with Crippen LogP contribution in [0.25, 0.3) is 0 Å². The first kappa shape index (κ1) is 19.8. The smallest absolute Gasteiger partial charge is 0.314 e. The molecule has 0 amide bonds. The Morgan fingerprint density at radius 1 is 0.821 bits per heavy atom. The van der Waals surface area contributed by atoms with Crippen molar-refractivity contribution >= 4 is 5.97 Å². The fourth-order valence-electron chi connectivity index (χ4n) is 3.26. The third-order valence-electron chi connectivity index (χ3n) is 4.73. The van der Waals surface area contributed by atoms with E-state index >= 15 is 0 Å². The van der Waals surface area contributed by atoms with Crippen LogP contribution in [0.1, 0.15) is 48.7 Å². The second kappa shape index (κ2) is 9.86. The minimum Gasteiger partial charge on any atom is -0.426 e. The maximum absolute atomic E-state index is 12.6. The van der Waals surface area contributed by atoms with Crippen molar-refractivity contribution in [3.8, 4) is 5.75 Å². The summed E-state index contributed by atoms with van der Waals surface area (Å²) in [6.45, 7) is 4.18. The number of rotatable bonds is 8. The molecule has 3 aromatic rings. The van der Waals surface area contributed by atoms with Crippen LogP contribution in [0, 0.1) is 6.92 Å². The van der Waals surface area contributed by atoms with Crippen LogP contribution >= 0.6 is 0 Å². The lowest BCUT2D eigenvalue weighted by atomic mass is 10.0. The first-order valence-corrected chi connectivity index (χ1v) is 9.69. The highest BCUT2D eigenvalue weighted by molar-refractivity contribution is 5.73. The Bertz CT molecular complexity index is 875. The molecule has 0 radical (unpaired) electrons. The molecule has 0 aliphatic heterocycles. The Morgan fingerprint density at radius 3 is 2.07 bits per heavy atom. The van der Waals surface area contributed by atoms with Crippen LogP contribution in [0.4, 0.5) is 0 Å². The third kappa shape index (κ3) is 5.30. The molecule has 28 heavy (non-hydrogen) atoms. The van der Waals surface area contributed by atoms with E-state index in [-0.39, 0.29) is 24.6 Å². The topological polar surface area (TPSA) is 35.5 Å². The van der Waals surface area contributed by atoms with E-state index in [1.165, 1.54) is 5.56 Å². The fourth-order valence-corrected chi connectivity index (χ4v) is 3.26. The average molecular weight is 374 g/mol. The molecular weight excluding hydrogens is 348 g/mol. The zero-order valence-corrected chi connectivity index (χ0v) is 16.4. The zero-order chi connectivity index (χ0) is 19.8. The molecule has 3 heteroatoms. The molecule has 0 saturated heterocycles. The lowest BCUT2D eigenvalue weighted by Gasteiger charge is -2.25. The van der Waals surface area contributed by atoms with Crippen LogP contribution in [0.2, 0.25) is 0 Å². The molecule has 0 bridgehead atoms. The van der Waals surface area contributed by atoms with E-state index in [9.17, 15) is 4.79 Å². The molecule has 0 N–H and O–H groups in total. The molecule has 0 aromatic heterocycles. The SMILES string of the molecule is CC[C@@H](O[C@H](CC(=O)Oc1ccccc1)c1ccccc1)c1ccccc1C. The number of aryl methyl sites for hydroxylation is 1. The standard InChI is InChI=1S/C25H26O3/c1-3-23(22-17-11-10-12-19(22)2)28-24(20-13-6-4-7-14-20)18-25(26)27-21-15-8-5-9-16-21/h4-17,23-24H,3,18H2,1-2H3/t23-,24-/m1/s1. The summed E-state index contributed by atoms with van der Waals surface area (Å²) in [5.41, 5.74) is 3.31. The van der Waals surface area contributed by atoms with Crippen molar-refractivity contribution in [1.82, 2.24) is 0 Å². The molecule has 3 nitrogen and oxygen atoms in total. The molecule has 0 unspecified atom stereocenters. The molecule has 0 spiro atoms. The van der Waals surface area contributed by atoms with Crippen LogP contribution in [-0.2, 0) is 9.53 Å². The van der Waals surface area contributed by atoms with Gasteiger partial charge in [-0.05, 0) is 42.2 Å². The number of hydrogen-bond acceptors (Lipinski definition) is 3. The van der Waals surface area contributed by atoms with Gasteiger partial charge in [-0.2, -0.15) is 0 Å². The van der Waals surface area contributed by atoms with Gasteiger partial charge in [-0.25, -0.2) is 0 Å². The van der Waals surface area contributed by atoms with Gasteiger partial charge in [0.2, 0.25) is 0 Å². The van der Waals surface area contributed by atoms with Crippen molar-refractivity contribution in [2.24, 2.45) is 0 Å². The van der Waals surface area contributed by atoms with Gasteiger partial charge in [-0.15, -0.1) is 0 Å². The molecule has 0 fully saturated rings. The van der Waals surface area contributed by atoms with E-state index in [0.717, 1.165) is 17.5 Å². The largest absolute Gasteiger partial charge is 0.426 e. The monoisotopic (exact) mass is 374 g/mol. The number of esters is 1. The lowest BCUT2D eigenvalue weighted by Crippen LogP contribution is -2.18. The van der Waals surface area contributed by atoms with Crippen molar-refractivity contribution in [2.75, 3.05) is 0 Å². The number of carbonyl (C=O) groups is 1. The quantitative estimate of drug-likeness (QED) is 0.348. The first-order chi connectivity index (χ1) is 13.7. The maximum atomic E-state index is 12.6. The van der Waals surface area contributed by atoms with E-state index in [4.69, 9.17) is 9.47 Å². The van der Waals surface area contributed by atoms with Crippen molar-refractivity contribution in [3.05, 3.63) is 102 Å². The summed E-state index contributed by atoms with van der Waals surface area (Å²) >= 11 is 0. The molecule has 0 heterocycles. The van der Waals surface area contributed by atoms with Gasteiger partial charge in [-0.3, -0.25) is 4.79 Å². The first-order valence-electron chi connectivity index (χ1n) is 9.69. The summed E-state index contributed by atoms with van der Waals surface area (Å²) in [5, 5.41) is 0. The second-order valence-electron chi connectivity index (χ2n) is 6.78. The van der Waals surface area contributed by atoms with Crippen molar-refractivity contribution < 1.29 is 14.3 Å². The number of ether oxygens (including phenoxy) is 2. The van der Waals surface area contributed by atoms with Gasteiger partial charge in [0.05, 0.1) is 18.6 Å². The van der Waals surface area contributed by atoms with Gasteiger partial charge < -0.3 is 9.47 Å². The zero-order valence-electron chi connectivity index (χ0n) is 16.4. The van der Waals surface area contributed by atoms with Gasteiger partial charge in [0.15, 0.2) is 0 Å². The minimum absolute atomic E-state index is 0.0871. The van der Waals surface area contributed by atoms with Gasteiger partial charge in [0, 0.05) is 0 Å². The Hall–Kier alpha value is -2.91. The summed E-state index contributed by atoms with van der Waals surface area (Å²) < 4.78 is 12.0. The number of benzene rings is 3. The summed E-state index contributed by atoms with van der Waals surface area (Å²) in [4.78, 5) is 12.6. The third-order valence-corrected chi connectivity index (χ3v) is 4.73. The fraction of sp³-hybridized carbons (Fsp3) is 0.240. The van der Waals surface area contributed by atoms with Crippen molar-refractivity contribution in [1.29, 1.82) is 0 Å². The molecule has 0 saturated carbocycles. The van der Waals surface area contributed by atoms with E-state index in [1.807, 2.05) is 60.7 Å². The van der Waals surface area contributed by atoms with E-state index in [2.05, 4.69) is 26.0 Å². The molecule has 3 rings (SSSR count). The normalized spacial score (nSPS) is 12.9. The van der Waals surface area contributed by atoms with E-state index in [1.54, 1.807) is 12.1 Å². The van der Waals surface area contributed by atoms with Crippen LogP contribution in [0.15, 0.2) is 84.9 Å². The summed E-state index contributed by atoms with van der Waals surface area (Å²) in [6, 6.07) is 27.2. The Balaban J connectivity index is 1.79. The van der Waals surface area contributed by atoms with Crippen molar-refractivity contribution in [3.63, 3.8) is 0 Å². The average Bonchev–Trinajstić information content (AvgIpc) is 2.73. The van der Waals surface area contributed by atoms with Gasteiger partial charge in [0.1, 0.15) is 5.75 Å². The number of hydrogen-bond donors (Lipinski definition) is 0. The van der Waals surface area contributed by atoms with Crippen LogP contribution in [0.3, 0.4) is 0 Å². The highest BCUT2D eigenvalue weighted by Gasteiger charge is 2.23. The predicted molar refractivity (Wildman–Crippen MR) is 111 cm³/mol. The van der Waals surface area contributed by atoms with E-state index < -0.39 is 0 Å². The molecule has 0 aliphatic carbocycles. The molecule has 3 aromatic carbocycles. The Labute approximate surface area is 166 Å². The predicted octanol–water partition coefficient (Wildman–Crippen LogP) is 6.20. The van der Waals surface area contributed by atoms with Gasteiger partial charge >= 0.3 is 5.97 Å².